The summed E-state index contributed by atoms with van der Waals surface area (Å²) in [6.07, 6.45) is 2.05. The van der Waals surface area contributed by atoms with Crippen molar-refractivity contribution in [1.29, 1.82) is 0 Å². The lowest BCUT2D eigenvalue weighted by atomic mass is 9.72. The van der Waals surface area contributed by atoms with Gasteiger partial charge in [0, 0.05) is 22.8 Å². The zero-order valence-corrected chi connectivity index (χ0v) is 14.9. The van der Waals surface area contributed by atoms with Crippen molar-refractivity contribution in [3.8, 4) is 5.75 Å². The third-order valence-electron chi connectivity index (χ3n) is 5.03. The first-order valence-corrected chi connectivity index (χ1v) is 8.81. The molecule has 0 saturated heterocycles. The summed E-state index contributed by atoms with van der Waals surface area (Å²) in [5.74, 6) is 1.40. The first-order chi connectivity index (χ1) is 12.5. The molecule has 4 rings (SSSR count). The van der Waals surface area contributed by atoms with E-state index in [-0.39, 0.29) is 5.78 Å². The van der Waals surface area contributed by atoms with Gasteiger partial charge in [0.05, 0.1) is 12.2 Å². The molecule has 0 unspecified atom stereocenters. The van der Waals surface area contributed by atoms with Crippen molar-refractivity contribution >= 4 is 23.0 Å². The van der Waals surface area contributed by atoms with Gasteiger partial charge < -0.3 is 13.9 Å². The maximum absolute atomic E-state index is 13.1. The van der Waals surface area contributed by atoms with Crippen LogP contribution in [-0.2, 0) is 10.2 Å². The predicted octanol–water partition coefficient (Wildman–Crippen LogP) is 4.66. The Morgan fingerprint density at radius 2 is 1.96 bits per heavy atom. The highest BCUT2D eigenvalue weighted by atomic mass is 16.5. The Labute approximate surface area is 151 Å². The number of rotatable bonds is 5. The van der Waals surface area contributed by atoms with Gasteiger partial charge in [-0.15, -0.1) is 0 Å². The van der Waals surface area contributed by atoms with Crippen molar-refractivity contribution in [2.45, 2.75) is 32.1 Å². The third kappa shape index (κ3) is 2.45. The summed E-state index contributed by atoms with van der Waals surface area (Å²) in [6.45, 7) is 4.60. The number of benzene rings is 2. The summed E-state index contributed by atoms with van der Waals surface area (Å²) >= 11 is 0. The SMILES string of the molecule is CC1(C)c2cc(OCCCC=O)ccc2C(=O)c2c1oc1ccccc21. The first-order valence-electron chi connectivity index (χ1n) is 8.81. The summed E-state index contributed by atoms with van der Waals surface area (Å²) in [6, 6.07) is 13.2. The Bertz CT molecular complexity index is 1010. The molecule has 0 radical (unpaired) electrons. The molecule has 1 heterocycles. The molecule has 0 aliphatic heterocycles. The Balaban J connectivity index is 1.78. The number of furan rings is 1. The number of hydrogen-bond acceptors (Lipinski definition) is 4. The van der Waals surface area contributed by atoms with Gasteiger partial charge in [-0.3, -0.25) is 4.79 Å². The largest absolute Gasteiger partial charge is 0.494 e. The van der Waals surface area contributed by atoms with Gasteiger partial charge in [0.1, 0.15) is 23.4 Å². The van der Waals surface area contributed by atoms with E-state index in [2.05, 4.69) is 13.8 Å². The third-order valence-corrected chi connectivity index (χ3v) is 5.03. The highest BCUT2D eigenvalue weighted by Gasteiger charge is 2.41. The van der Waals surface area contributed by atoms with Gasteiger partial charge in [-0.1, -0.05) is 18.2 Å². The van der Waals surface area contributed by atoms with Crippen LogP contribution >= 0.6 is 0 Å². The second-order valence-electron chi connectivity index (χ2n) is 7.12. The van der Waals surface area contributed by atoms with Crippen LogP contribution in [0, 0.1) is 0 Å². The molecule has 1 aliphatic rings. The van der Waals surface area contributed by atoms with E-state index < -0.39 is 5.41 Å². The van der Waals surface area contributed by atoms with Gasteiger partial charge in [0.15, 0.2) is 5.78 Å². The second kappa shape index (κ2) is 6.13. The minimum Gasteiger partial charge on any atom is -0.494 e. The molecule has 132 valence electrons. The molecule has 1 aliphatic carbocycles. The number of carbonyl (C=O) groups excluding carboxylic acids is 2. The van der Waals surface area contributed by atoms with Crippen LogP contribution in [0.1, 0.15) is 53.9 Å². The highest BCUT2D eigenvalue weighted by Crippen LogP contribution is 2.46. The van der Waals surface area contributed by atoms with Crippen molar-refractivity contribution < 1.29 is 18.7 Å². The van der Waals surface area contributed by atoms with Crippen LogP contribution in [0.5, 0.6) is 5.75 Å². The fourth-order valence-corrected chi connectivity index (χ4v) is 3.65. The smallest absolute Gasteiger partial charge is 0.197 e. The Hall–Kier alpha value is -2.88. The Morgan fingerprint density at radius 3 is 2.77 bits per heavy atom. The average Bonchev–Trinajstić information content (AvgIpc) is 3.04. The molecule has 0 fully saturated rings. The first kappa shape index (κ1) is 16.6. The number of fused-ring (bicyclic) bond motifs is 4. The van der Waals surface area contributed by atoms with E-state index in [1.54, 1.807) is 0 Å². The van der Waals surface area contributed by atoms with Gasteiger partial charge >= 0.3 is 0 Å². The van der Waals surface area contributed by atoms with Gasteiger partial charge in [-0.2, -0.15) is 0 Å². The number of unbranched alkanes of at least 4 members (excludes halogenated alkanes) is 1. The molecule has 26 heavy (non-hydrogen) atoms. The van der Waals surface area contributed by atoms with Crippen molar-refractivity contribution in [1.82, 2.24) is 0 Å². The van der Waals surface area contributed by atoms with Crippen molar-refractivity contribution in [2.24, 2.45) is 0 Å². The van der Waals surface area contributed by atoms with Crippen LogP contribution in [0.2, 0.25) is 0 Å². The van der Waals surface area contributed by atoms with E-state index in [1.165, 1.54) is 0 Å². The minimum absolute atomic E-state index is 0.00761. The van der Waals surface area contributed by atoms with Crippen LogP contribution in [-0.4, -0.2) is 18.7 Å². The molecular formula is C22H20O4. The summed E-state index contributed by atoms with van der Waals surface area (Å²) in [4.78, 5) is 23.6. The molecule has 0 atom stereocenters. The predicted molar refractivity (Wildman–Crippen MR) is 99.0 cm³/mol. The summed E-state index contributed by atoms with van der Waals surface area (Å²) in [5.41, 5.74) is 2.55. The van der Waals surface area contributed by atoms with Crippen LogP contribution in [0.4, 0.5) is 0 Å². The van der Waals surface area contributed by atoms with Gasteiger partial charge in [0.25, 0.3) is 0 Å². The maximum Gasteiger partial charge on any atom is 0.197 e. The number of carbonyl (C=O) groups is 2. The monoisotopic (exact) mass is 348 g/mol. The van der Waals surface area contributed by atoms with E-state index in [9.17, 15) is 9.59 Å². The molecule has 4 heteroatoms. The van der Waals surface area contributed by atoms with E-state index in [4.69, 9.17) is 9.15 Å². The van der Waals surface area contributed by atoms with E-state index in [0.29, 0.717) is 42.1 Å². The fourth-order valence-electron chi connectivity index (χ4n) is 3.65. The number of ether oxygens (including phenoxy) is 1. The average molecular weight is 348 g/mol. The molecular weight excluding hydrogens is 328 g/mol. The topological polar surface area (TPSA) is 56.5 Å². The highest BCUT2D eigenvalue weighted by molar-refractivity contribution is 6.19. The van der Waals surface area contributed by atoms with Crippen molar-refractivity contribution in [2.75, 3.05) is 6.61 Å². The molecule has 2 aromatic carbocycles. The quantitative estimate of drug-likeness (QED) is 0.497. The van der Waals surface area contributed by atoms with E-state index in [1.807, 2.05) is 42.5 Å². The Morgan fingerprint density at radius 1 is 1.15 bits per heavy atom. The molecule has 0 amide bonds. The summed E-state index contributed by atoms with van der Waals surface area (Å²) in [7, 11) is 0. The lowest BCUT2D eigenvalue weighted by Crippen LogP contribution is -2.29. The number of ketones is 1. The molecule has 0 saturated carbocycles. The number of aldehydes is 1. The lowest BCUT2D eigenvalue weighted by Gasteiger charge is -2.30. The normalized spacial score (nSPS) is 14.8. The second-order valence-corrected chi connectivity index (χ2v) is 7.12. The molecule has 0 bridgehead atoms. The molecule has 0 N–H and O–H groups in total. The zero-order chi connectivity index (χ0) is 18.3. The number of hydrogen-bond donors (Lipinski definition) is 0. The lowest BCUT2D eigenvalue weighted by molar-refractivity contribution is -0.108. The molecule has 1 aromatic heterocycles. The summed E-state index contributed by atoms with van der Waals surface area (Å²) in [5, 5.41) is 0.861. The molecule has 0 spiro atoms. The van der Waals surface area contributed by atoms with Gasteiger partial charge in [-0.05, 0) is 50.1 Å². The van der Waals surface area contributed by atoms with E-state index in [0.717, 1.165) is 22.8 Å². The van der Waals surface area contributed by atoms with Crippen LogP contribution < -0.4 is 4.74 Å². The van der Waals surface area contributed by atoms with E-state index >= 15 is 0 Å². The Kier molecular flexibility index (Phi) is 3.91. The zero-order valence-electron chi connectivity index (χ0n) is 14.9. The van der Waals surface area contributed by atoms with Crippen LogP contribution in [0.15, 0.2) is 46.9 Å². The fraction of sp³-hybridized carbons (Fsp3) is 0.273. The van der Waals surface area contributed by atoms with Crippen LogP contribution in [0.3, 0.4) is 0 Å². The van der Waals surface area contributed by atoms with Gasteiger partial charge in [-0.25, -0.2) is 0 Å². The molecule has 3 aromatic rings. The van der Waals surface area contributed by atoms with Crippen molar-refractivity contribution in [3.05, 3.63) is 64.9 Å². The standard InChI is InChI=1S/C22H20O4/c1-22(2)17-13-14(25-12-6-5-11-23)9-10-15(17)20(24)19-16-7-3-4-8-18(16)26-21(19)22/h3-4,7-11,13H,5-6,12H2,1-2H3. The number of para-hydroxylation sites is 1. The molecule has 4 nitrogen and oxygen atoms in total. The maximum atomic E-state index is 13.1. The van der Waals surface area contributed by atoms with Crippen LogP contribution in [0.25, 0.3) is 11.0 Å². The van der Waals surface area contributed by atoms with Crippen molar-refractivity contribution in [3.63, 3.8) is 0 Å². The summed E-state index contributed by atoms with van der Waals surface area (Å²) < 4.78 is 11.8. The van der Waals surface area contributed by atoms with Gasteiger partial charge in [0.2, 0.25) is 0 Å². The minimum atomic E-state index is -0.445.